The number of ether oxygens (including phenoxy) is 2. The van der Waals surface area contributed by atoms with Gasteiger partial charge in [-0.1, -0.05) is 50.1 Å². The van der Waals surface area contributed by atoms with E-state index in [4.69, 9.17) is 9.47 Å². The van der Waals surface area contributed by atoms with Crippen molar-refractivity contribution >= 4 is 10.8 Å². The van der Waals surface area contributed by atoms with Crippen LogP contribution in [0.4, 0.5) is 0 Å². The van der Waals surface area contributed by atoms with Gasteiger partial charge in [-0.15, -0.1) is 0 Å². The second-order valence-corrected chi connectivity index (χ2v) is 8.06. The lowest BCUT2D eigenvalue weighted by Crippen LogP contribution is -2.33. The summed E-state index contributed by atoms with van der Waals surface area (Å²) in [5, 5.41) is 6.40. The summed E-state index contributed by atoms with van der Waals surface area (Å²) in [7, 11) is 0. The van der Waals surface area contributed by atoms with Crippen molar-refractivity contribution in [3.8, 4) is 5.75 Å². The predicted octanol–water partition coefficient (Wildman–Crippen LogP) is 5.07. The van der Waals surface area contributed by atoms with Crippen molar-refractivity contribution in [3.05, 3.63) is 42.0 Å². The van der Waals surface area contributed by atoms with E-state index in [0.717, 1.165) is 37.7 Å². The molecular formula is C23H31NO2. The molecule has 2 aromatic rings. The van der Waals surface area contributed by atoms with Crippen LogP contribution in [0.3, 0.4) is 0 Å². The Morgan fingerprint density at radius 1 is 1.08 bits per heavy atom. The summed E-state index contributed by atoms with van der Waals surface area (Å²) in [6, 6.07) is 13.6. The minimum Gasteiger partial charge on any atom is -0.491 e. The molecule has 1 saturated carbocycles. The largest absolute Gasteiger partial charge is 0.491 e. The van der Waals surface area contributed by atoms with Gasteiger partial charge in [0, 0.05) is 24.8 Å². The van der Waals surface area contributed by atoms with E-state index in [1.165, 1.54) is 42.0 Å². The Bertz CT molecular complexity index is 723. The quantitative estimate of drug-likeness (QED) is 0.787. The minimum absolute atomic E-state index is 0.251. The van der Waals surface area contributed by atoms with Crippen molar-refractivity contribution < 1.29 is 9.47 Å². The smallest absolute Gasteiger partial charge is 0.124 e. The zero-order chi connectivity index (χ0) is 17.8. The number of fused-ring (bicyclic) bond motifs is 1. The molecule has 4 rings (SSSR count). The van der Waals surface area contributed by atoms with Gasteiger partial charge in [0.25, 0.3) is 0 Å². The van der Waals surface area contributed by atoms with E-state index >= 15 is 0 Å². The summed E-state index contributed by atoms with van der Waals surface area (Å²) >= 11 is 0. The summed E-state index contributed by atoms with van der Waals surface area (Å²) in [6.07, 6.45) is 7.82. The molecule has 0 aromatic heterocycles. The minimum atomic E-state index is 0.251. The lowest BCUT2D eigenvalue weighted by Gasteiger charge is -2.28. The molecule has 0 radical (unpaired) electrons. The standard InChI is InChI=1S/C23H31NO2/c1-17-6-4-8-19(14-17)24-15-22-21-10-3-2-7-18(21)11-12-23(22)26-16-20-9-5-13-25-20/h2-3,7,10-12,17,19-20,24H,4-6,8-9,13-16H2,1H3. The maximum atomic E-state index is 6.23. The van der Waals surface area contributed by atoms with E-state index in [-0.39, 0.29) is 6.10 Å². The number of hydrogen-bond donors (Lipinski definition) is 1. The summed E-state index contributed by atoms with van der Waals surface area (Å²) < 4.78 is 12.0. The SMILES string of the molecule is CC1CCCC(NCc2c(OCC3CCCO3)ccc3ccccc23)C1. The van der Waals surface area contributed by atoms with Gasteiger partial charge < -0.3 is 14.8 Å². The summed E-state index contributed by atoms with van der Waals surface area (Å²) in [5.41, 5.74) is 1.29. The summed E-state index contributed by atoms with van der Waals surface area (Å²) in [5.74, 6) is 1.85. The Morgan fingerprint density at radius 3 is 2.85 bits per heavy atom. The van der Waals surface area contributed by atoms with Crippen LogP contribution in [0, 0.1) is 5.92 Å². The second-order valence-electron chi connectivity index (χ2n) is 8.06. The number of nitrogens with one attached hydrogen (secondary N) is 1. The molecule has 1 heterocycles. The first-order valence-corrected chi connectivity index (χ1v) is 10.3. The van der Waals surface area contributed by atoms with Crippen LogP contribution in [-0.4, -0.2) is 25.4 Å². The molecule has 2 aliphatic rings. The zero-order valence-corrected chi connectivity index (χ0v) is 15.9. The van der Waals surface area contributed by atoms with Crippen LogP contribution < -0.4 is 10.1 Å². The van der Waals surface area contributed by atoms with Crippen molar-refractivity contribution in [2.75, 3.05) is 13.2 Å². The molecule has 1 aliphatic carbocycles. The Hall–Kier alpha value is -1.58. The zero-order valence-electron chi connectivity index (χ0n) is 15.9. The molecule has 1 aliphatic heterocycles. The average Bonchev–Trinajstić information content (AvgIpc) is 3.18. The molecule has 3 nitrogen and oxygen atoms in total. The van der Waals surface area contributed by atoms with Crippen LogP contribution in [0.25, 0.3) is 10.8 Å². The van der Waals surface area contributed by atoms with Gasteiger partial charge in [-0.2, -0.15) is 0 Å². The van der Waals surface area contributed by atoms with Crippen LogP contribution in [0.5, 0.6) is 5.75 Å². The van der Waals surface area contributed by atoms with E-state index in [1.54, 1.807) is 0 Å². The molecule has 140 valence electrons. The predicted molar refractivity (Wildman–Crippen MR) is 107 cm³/mol. The van der Waals surface area contributed by atoms with Crippen molar-refractivity contribution in [1.29, 1.82) is 0 Å². The van der Waals surface area contributed by atoms with Crippen LogP contribution in [0.2, 0.25) is 0 Å². The molecule has 3 atom stereocenters. The Labute approximate surface area is 157 Å². The van der Waals surface area contributed by atoms with Crippen LogP contribution >= 0.6 is 0 Å². The maximum absolute atomic E-state index is 6.23. The summed E-state index contributed by atoms with van der Waals surface area (Å²) in [4.78, 5) is 0. The molecule has 26 heavy (non-hydrogen) atoms. The highest BCUT2D eigenvalue weighted by Crippen LogP contribution is 2.30. The normalized spacial score (nSPS) is 26.3. The van der Waals surface area contributed by atoms with Gasteiger partial charge in [-0.3, -0.25) is 0 Å². The highest BCUT2D eigenvalue weighted by atomic mass is 16.5. The monoisotopic (exact) mass is 353 g/mol. The Morgan fingerprint density at radius 2 is 2.00 bits per heavy atom. The van der Waals surface area contributed by atoms with Gasteiger partial charge in [0.2, 0.25) is 0 Å². The van der Waals surface area contributed by atoms with Crippen molar-refractivity contribution in [2.45, 2.75) is 64.1 Å². The van der Waals surface area contributed by atoms with Gasteiger partial charge in [0.15, 0.2) is 0 Å². The lowest BCUT2D eigenvalue weighted by atomic mass is 9.87. The highest BCUT2D eigenvalue weighted by molar-refractivity contribution is 5.87. The molecule has 0 bridgehead atoms. The third-order valence-electron chi connectivity index (χ3n) is 5.95. The van der Waals surface area contributed by atoms with E-state index in [1.807, 2.05) is 0 Å². The average molecular weight is 354 g/mol. The first kappa shape index (κ1) is 17.8. The topological polar surface area (TPSA) is 30.5 Å². The summed E-state index contributed by atoms with van der Waals surface area (Å²) in [6.45, 7) is 4.79. The molecule has 2 fully saturated rings. The van der Waals surface area contributed by atoms with Gasteiger partial charge in [0.05, 0.1) is 6.10 Å². The van der Waals surface area contributed by atoms with Gasteiger partial charge in [0.1, 0.15) is 12.4 Å². The Balaban J connectivity index is 1.51. The fraction of sp³-hybridized carbons (Fsp3) is 0.565. The third-order valence-corrected chi connectivity index (χ3v) is 5.95. The number of hydrogen-bond acceptors (Lipinski definition) is 3. The molecule has 3 heteroatoms. The van der Waals surface area contributed by atoms with Gasteiger partial charge in [-0.25, -0.2) is 0 Å². The molecule has 0 amide bonds. The van der Waals surface area contributed by atoms with Gasteiger partial charge >= 0.3 is 0 Å². The molecule has 2 aromatic carbocycles. The van der Waals surface area contributed by atoms with Crippen molar-refractivity contribution in [3.63, 3.8) is 0 Å². The van der Waals surface area contributed by atoms with E-state index in [0.29, 0.717) is 12.6 Å². The van der Waals surface area contributed by atoms with Crippen LogP contribution in [0.15, 0.2) is 36.4 Å². The van der Waals surface area contributed by atoms with E-state index in [9.17, 15) is 0 Å². The molecule has 1 N–H and O–H groups in total. The van der Waals surface area contributed by atoms with Crippen LogP contribution in [-0.2, 0) is 11.3 Å². The van der Waals surface area contributed by atoms with Gasteiger partial charge in [-0.05, 0) is 48.4 Å². The Kier molecular flexibility index (Phi) is 5.76. The number of benzene rings is 2. The fourth-order valence-electron chi connectivity index (χ4n) is 4.46. The number of rotatable bonds is 6. The van der Waals surface area contributed by atoms with Crippen LogP contribution in [0.1, 0.15) is 51.0 Å². The lowest BCUT2D eigenvalue weighted by molar-refractivity contribution is 0.0676. The van der Waals surface area contributed by atoms with E-state index < -0.39 is 0 Å². The first-order chi connectivity index (χ1) is 12.8. The maximum Gasteiger partial charge on any atom is 0.124 e. The second kappa shape index (κ2) is 8.41. The molecule has 0 spiro atoms. The first-order valence-electron chi connectivity index (χ1n) is 10.3. The third kappa shape index (κ3) is 4.21. The van der Waals surface area contributed by atoms with Crippen molar-refractivity contribution in [2.24, 2.45) is 5.92 Å². The highest BCUT2D eigenvalue weighted by Gasteiger charge is 2.20. The fourth-order valence-corrected chi connectivity index (χ4v) is 4.46. The van der Waals surface area contributed by atoms with E-state index in [2.05, 4.69) is 48.6 Å². The molecular weight excluding hydrogens is 322 g/mol. The molecule has 3 unspecified atom stereocenters. The molecule has 1 saturated heterocycles. The van der Waals surface area contributed by atoms with Crippen molar-refractivity contribution in [1.82, 2.24) is 5.32 Å².